The average molecular weight is 469 g/mol. The Balaban J connectivity index is 1.32. The lowest BCUT2D eigenvalue weighted by Gasteiger charge is -2.45. The Morgan fingerprint density at radius 2 is 1.70 bits per heavy atom. The second-order valence-electron chi connectivity index (χ2n) is 9.66. The molecule has 7 heteroatoms. The summed E-state index contributed by atoms with van der Waals surface area (Å²) in [5.41, 5.74) is 0.811. The molecule has 2 aromatic rings. The minimum absolute atomic E-state index is 0.0596. The Morgan fingerprint density at radius 1 is 0.970 bits per heavy atom. The molecule has 2 atom stereocenters. The van der Waals surface area contributed by atoms with Crippen molar-refractivity contribution in [3.05, 3.63) is 60.2 Å². The molecule has 0 unspecified atom stereocenters. The molecule has 3 aliphatic rings. The predicted molar refractivity (Wildman–Crippen MR) is 126 cm³/mol. The van der Waals surface area contributed by atoms with E-state index < -0.39 is 10.0 Å². The number of nitrogens with one attached hydrogen (secondary N) is 1. The zero-order valence-electron chi connectivity index (χ0n) is 18.9. The molecule has 2 aromatic carbocycles. The van der Waals surface area contributed by atoms with E-state index in [1.807, 2.05) is 24.3 Å². The van der Waals surface area contributed by atoms with Crippen molar-refractivity contribution in [1.29, 1.82) is 0 Å². The van der Waals surface area contributed by atoms with E-state index in [2.05, 4.69) is 5.32 Å². The normalized spacial score (nSPS) is 25.1. The Labute approximate surface area is 196 Å². The highest BCUT2D eigenvalue weighted by molar-refractivity contribution is 7.89. The first kappa shape index (κ1) is 22.4. The molecule has 1 spiro atoms. The van der Waals surface area contributed by atoms with E-state index in [-0.39, 0.29) is 34.9 Å². The van der Waals surface area contributed by atoms with Gasteiger partial charge in [-0.15, -0.1) is 0 Å². The maximum atomic E-state index is 13.4. The zero-order valence-corrected chi connectivity index (χ0v) is 19.7. The highest BCUT2D eigenvalue weighted by Crippen LogP contribution is 2.46. The molecule has 1 amide bonds. The summed E-state index contributed by atoms with van der Waals surface area (Å²) in [6.45, 7) is 0.670. The van der Waals surface area contributed by atoms with Gasteiger partial charge >= 0.3 is 0 Å². The van der Waals surface area contributed by atoms with Crippen LogP contribution in [0.3, 0.4) is 0 Å². The highest BCUT2D eigenvalue weighted by atomic mass is 32.2. The zero-order chi connectivity index (χ0) is 22.9. The molecule has 1 saturated carbocycles. The third-order valence-electron chi connectivity index (χ3n) is 7.41. The summed E-state index contributed by atoms with van der Waals surface area (Å²) in [4.78, 5) is 13.7. The monoisotopic (exact) mass is 468 g/mol. The van der Waals surface area contributed by atoms with Crippen LogP contribution in [0.1, 0.15) is 63.0 Å². The summed E-state index contributed by atoms with van der Waals surface area (Å²) in [5.74, 6) is 0.457. The fraction of sp³-hybridized carbons (Fsp3) is 0.500. The summed E-state index contributed by atoms with van der Waals surface area (Å²) in [6, 6.07) is 16.4. The number of benzene rings is 2. The van der Waals surface area contributed by atoms with Crippen LogP contribution in [0.4, 0.5) is 0 Å². The topological polar surface area (TPSA) is 75.7 Å². The second kappa shape index (κ2) is 9.11. The molecule has 2 heterocycles. The predicted octanol–water partition coefficient (Wildman–Crippen LogP) is 4.43. The highest BCUT2D eigenvalue weighted by Gasteiger charge is 2.43. The number of amides is 1. The van der Waals surface area contributed by atoms with E-state index in [0.717, 1.165) is 43.4 Å². The summed E-state index contributed by atoms with van der Waals surface area (Å²) in [7, 11) is -3.60. The average Bonchev–Trinajstić information content (AvgIpc) is 2.85. The van der Waals surface area contributed by atoms with Crippen LogP contribution >= 0.6 is 0 Å². The molecule has 0 aromatic heterocycles. The lowest BCUT2D eigenvalue weighted by molar-refractivity contribution is -0.127. The Bertz CT molecular complexity index is 1100. The molecule has 2 fully saturated rings. The fourth-order valence-electron chi connectivity index (χ4n) is 5.66. The largest absolute Gasteiger partial charge is 0.487 e. The number of carbonyl (C=O) groups is 1. The van der Waals surface area contributed by atoms with Gasteiger partial charge in [-0.2, -0.15) is 4.31 Å². The molecule has 0 bridgehead atoms. The molecule has 2 aliphatic heterocycles. The van der Waals surface area contributed by atoms with Gasteiger partial charge in [-0.1, -0.05) is 42.8 Å². The van der Waals surface area contributed by atoms with Gasteiger partial charge in [0.25, 0.3) is 0 Å². The fourth-order valence-corrected chi connectivity index (χ4v) is 7.20. The van der Waals surface area contributed by atoms with Crippen LogP contribution in [0.5, 0.6) is 5.75 Å². The molecule has 33 heavy (non-hydrogen) atoms. The van der Waals surface area contributed by atoms with Crippen molar-refractivity contribution in [2.75, 3.05) is 13.1 Å². The van der Waals surface area contributed by atoms with E-state index in [4.69, 9.17) is 4.74 Å². The lowest BCUT2D eigenvalue weighted by Crippen LogP contribution is -2.49. The van der Waals surface area contributed by atoms with Gasteiger partial charge in [-0.25, -0.2) is 8.42 Å². The number of nitrogens with zero attached hydrogens (tertiary/aromatic N) is 1. The van der Waals surface area contributed by atoms with Crippen molar-refractivity contribution in [3.63, 3.8) is 0 Å². The molecule has 5 rings (SSSR count). The summed E-state index contributed by atoms with van der Waals surface area (Å²) in [5, 5.41) is 3.29. The first-order chi connectivity index (χ1) is 16.0. The van der Waals surface area contributed by atoms with E-state index in [0.29, 0.717) is 19.4 Å². The van der Waals surface area contributed by atoms with Gasteiger partial charge in [0.15, 0.2) is 0 Å². The van der Waals surface area contributed by atoms with Gasteiger partial charge in [0.05, 0.1) is 16.9 Å². The van der Waals surface area contributed by atoms with E-state index in [1.165, 1.54) is 10.7 Å². The SMILES string of the molecule is O=C(N[C@@H]1CC2(CCCCC2)Oc2ccccc21)[C@@H]1CCCN(S(=O)(=O)c2ccccc2)C1. The number of piperidine rings is 1. The number of rotatable bonds is 4. The number of hydrogen-bond donors (Lipinski definition) is 1. The van der Waals surface area contributed by atoms with Crippen molar-refractivity contribution < 1.29 is 17.9 Å². The van der Waals surface area contributed by atoms with Gasteiger partial charge in [-0.05, 0) is 56.7 Å². The van der Waals surface area contributed by atoms with Crippen LogP contribution in [0.2, 0.25) is 0 Å². The summed E-state index contributed by atoms with van der Waals surface area (Å²) < 4.78 is 34.1. The number of hydrogen-bond acceptors (Lipinski definition) is 4. The number of para-hydroxylation sites is 1. The van der Waals surface area contributed by atoms with Crippen molar-refractivity contribution in [2.45, 2.75) is 67.9 Å². The second-order valence-corrected chi connectivity index (χ2v) is 11.6. The van der Waals surface area contributed by atoms with Crippen molar-refractivity contribution >= 4 is 15.9 Å². The van der Waals surface area contributed by atoms with Gasteiger partial charge in [0.1, 0.15) is 11.4 Å². The van der Waals surface area contributed by atoms with Gasteiger partial charge in [-0.3, -0.25) is 4.79 Å². The van der Waals surface area contributed by atoms with Crippen LogP contribution in [-0.2, 0) is 14.8 Å². The van der Waals surface area contributed by atoms with E-state index >= 15 is 0 Å². The first-order valence-electron chi connectivity index (χ1n) is 12.1. The van der Waals surface area contributed by atoms with Crippen molar-refractivity contribution in [1.82, 2.24) is 9.62 Å². The Morgan fingerprint density at radius 3 is 2.48 bits per heavy atom. The lowest BCUT2D eigenvalue weighted by atomic mass is 9.77. The minimum Gasteiger partial charge on any atom is -0.487 e. The van der Waals surface area contributed by atoms with Crippen molar-refractivity contribution in [3.8, 4) is 5.75 Å². The van der Waals surface area contributed by atoms with Crippen LogP contribution in [0.25, 0.3) is 0 Å². The molecule has 1 aliphatic carbocycles. The third-order valence-corrected chi connectivity index (χ3v) is 9.29. The van der Waals surface area contributed by atoms with Gasteiger partial charge in [0.2, 0.25) is 15.9 Å². The van der Waals surface area contributed by atoms with Crippen LogP contribution in [-0.4, -0.2) is 37.3 Å². The minimum atomic E-state index is -3.60. The van der Waals surface area contributed by atoms with Gasteiger partial charge in [0, 0.05) is 25.1 Å². The molecule has 1 saturated heterocycles. The van der Waals surface area contributed by atoms with Crippen molar-refractivity contribution in [2.24, 2.45) is 5.92 Å². The molecule has 1 N–H and O–H groups in total. The smallest absolute Gasteiger partial charge is 0.243 e. The Hall–Kier alpha value is -2.38. The number of fused-ring (bicyclic) bond motifs is 1. The maximum Gasteiger partial charge on any atom is 0.243 e. The van der Waals surface area contributed by atoms with E-state index in [1.54, 1.807) is 30.3 Å². The standard InChI is InChI=1S/C26H32N2O4S/c29-25(20-10-9-17-28(19-20)33(30,31)21-11-3-1-4-12-21)27-23-18-26(15-7-2-8-16-26)32-24-14-6-5-13-22(23)24/h1,3-6,11-14,20,23H,2,7-10,15-19H2,(H,27,29)/t20-,23-/m1/s1. The first-order valence-corrected chi connectivity index (χ1v) is 13.5. The molecule has 176 valence electrons. The number of ether oxygens (including phenoxy) is 1. The quantitative estimate of drug-likeness (QED) is 0.720. The van der Waals surface area contributed by atoms with Gasteiger partial charge < -0.3 is 10.1 Å². The molecule has 0 radical (unpaired) electrons. The Kier molecular flexibility index (Phi) is 6.18. The molecule has 6 nitrogen and oxygen atoms in total. The number of carbonyl (C=O) groups excluding carboxylic acids is 1. The summed E-state index contributed by atoms with van der Waals surface area (Å²) in [6.07, 6.45) is 7.71. The molecular formula is C26H32N2O4S. The van der Waals surface area contributed by atoms with Crippen LogP contribution in [0, 0.1) is 5.92 Å². The maximum absolute atomic E-state index is 13.4. The van der Waals surface area contributed by atoms with E-state index in [9.17, 15) is 13.2 Å². The number of sulfonamides is 1. The molecular weight excluding hydrogens is 436 g/mol. The summed E-state index contributed by atoms with van der Waals surface area (Å²) >= 11 is 0. The van der Waals surface area contributed by atoms with Crippen LogP contribution in [0.15, 0.2) is 59.5 Å². The van der Waals surface area contributed by atoms with Crippen LogP contribution < -0.4 is 10.1 Å². The third kappa shape index (κ3) is 4.53.